The number of unbranched alkanes of at least 4 members (excludes halogenated alkanes) is 9. The molecule has 184 valence electrons. The molecule has 0 saturated heterocycles. The van der Waals surface area contributed by atoms with E-state index in [-0.39, 0.29) is 12.4 Å². The zero-order valence-electron chi connectivity index (χ0n) is 19.1. The van der Waals surface area contributed by atoms with E-state index in [2.05, 4.69) is 11.3 Å². The van der Waals surface area contributed by atoms with Gasteiger partial charge in [-0.1, -0.05) is 99.4 Å². The molecule has 0 aliphatic heterocycles. The summed E-state index contributed by atoms with van der Waals surface area (Å²) < 4.78 is 60.1. The molecule has 2 rings (SSSR count). The van der Waals surface area contributed by atoms with Crippen molar-refractivity contribution in [3.63, 3.8) is 0 Å². The van der Waals surface area contributed by atoms with Gasteiger partial charge in [-0.3, -0.25) is 4.18 Å². The van der Waals surface area contributed by atoms with Crippen molar-refractivity contribution in [3.8, 4) is 5.75 Å². The Balaban J connectivity index is 1.83. The van der Waals surface area contributed by atoms with Crippen LogP contribution in [0.5, 0.6) is 5.75 Å². The van der Waals surface area contributed by atoms with Crippen LogP contribution in [0.15, 0.2) is 64.4 Å². The molecule has 0 bridgehead atoms. The maximum Gasteiger partial charge on any atom is 0.333 e. The molecule has 0 N–H and O–H groups in total. The fourth-order valence-electron chi connectivity index (χ4n) is 3.28. The van der Waals surface area contributed by atoms with Gasteiger partial charge in [0.1, 0.15) is 9.79 Å². The summed E-state index contributed by atoms with van der Waals surface area (Å²) in [6.07, 6.45) is 11.1. The van der Waals surface area contributed by atoms with E-state index in [1.165, 1.54) is 68.9 Å². The summed E-state index contributed by atoms with van der Waals surface area (Å²) in [5.74, 6) is 0.165. The van der Waals surface area contributed by atoms with E-state index >= 15 is 0 Å². The lowest BCUT2D eigenvalue weighted by atomic mass is 10.1. The fraction of sp³-hybridized carbons (Fsp3) is 0.500. The third-order valence-corrected chi connectivity index (χ3v) is 7.73. The standard InChI is InChI=1S/C24H34O7S2/c1-2-3-4-5-6-7-8-9-10-16-21-29-32(25,26)23-19-14-15-20-24(23)33(27,28)31-30-22-17-12-11-13-18-22/h11-15,17-20H,2-10,16,21H2,1H3. The molecule has 0 spiro atoms. The van der Waals surface area contributed by atoms with Crippen molar-refractivity contribution in [2.24, 2.45) is 0 Å². The van der Waals surface area contributed by atoms with Crippen LogP contribution in [0.2, 0.25) is 0 Å². The van der Waals surface area contributed by atoms with Crippen LogP contribution in [0, 0.1) is 0 Å². The molecule has 2 aromatic carbocycles. The summed E-state index contributed by atoms with van der Waals surface area (Å²) >= 11 is 0. The van der Waals surface area contributed by atoms with E-state index < -0.39 is 30.0 Å². The average molecular weight is 499 g/mol. The second kappa shape index (κ2) is 14.3. The molecule has 0 saturated carbocycles. The number of rotatable bonds is 17. The lowest BCUT2D eigenvalue weighted by molar-refractivity contribution is -0.0928. The van der Waals surface area contributed by atoms with Crippen molar-refractivity contribution in [1.82, 2.24) is 0 Å². The van der Waals surface area contributed by atoms with Gasteiger partial charge in [0.05, 0.1) is 6.61 Å². The molecular weight excluding hydrogens is 464 g/mol. The normalized spacial score (nSPS) is 12.0. The van der Waals surface area contributed by atoms with Gasteiger partial charge in [0, 0.05) is 0 Å². The van der Waals surface area contributed by atoms with E-state index in [1.807, 2.05) is 0 Å². The lowest BCUT2D eigenvalue weighted by Gasteiger charge is -2.11. The van der Waals surface area contributed by atoms with E-state index in [0.717, 1.165) is 25.3 Å². The Morgan fingerprint density at radius 3 is 1.67 bits per heavy atom. The largest absolute Gasteiger partial charge is 0.333 e. The highest BCUT2D eigenvalue weighted by Crippen LogP contribution is 2.25. The number of hydrogen-bond acceptors (Lipinski definition) is 7. The van der Waals surface area contributed by atoms with Gasteiger partial charge in [0.25, 0.3) is 10.1 Å². The molecule has 0 unspecified atom stereocenters. The minimum atomic E-state index is -4.51. The van der Waals surface area contributed by atoms with Crippen LogP contribution in [0.25, 0.3) is 0 Å². The topological polar surface area (TPSA) is 96.0 Å². The van der Waals surface area contributed by atoms with Crippen LogP contribution in [-0.2, 0) is 28.8 Å². The Morgan fingerprint density at radius 2 is 1.09 bits per heavy atom. The van der Waals surface area contributed by atoms with E-state index in [9.17, 15) is 16.8 Å². The van der Waals surface area contributed by atoms with Crippen molar-refractivity contribution in [2.75, 3.05) is 6.61 Å². The average Bonchev–Trinajstić information content (AvgIpc) is 2.82. The quantitative estimate of drug-likeness (QED) is 0.114. The Morgan fingerprint density at radius 1 is 0.606 bits per heavy atom. The van der Waals surface area contributed by atoms with Gasteiger partial charge in [-0.15, -0.1) is 0 Å². The highest BCUT2D eigenvalue weighted by Gasteiger charge is 2.29. The van der Waals surface area contributed by atoms with Gasteiger partial charge in [-0.2, -0.15) is 16.8 Å². The Bertz CT molecular complexity index is 1020. The first kappa shape index (κ1) is 27.3. The van der Waals surface area contributed by atoms with Gasteiger partial charge in [-0.25, -0.2) is 0 Å². The molecular formula is C24H34O7S2. The molecule has 0 amide bonds. The van der Waals surface area contributed by atoms with Crippen molar-refractivity contribution in [1.29, 1.82) is 0 Å². The summed E-state index contributed by atoms with van der Waals surface area (Å²) in [6, 6.07) is 13.2. The van der Waals surface area contributed by atoms with Crippen molar-refractivity contribution < 1.29 is 30.2 Å². The number of para-hydroxylation sites is 1. The summed E-state index contributed by atoms with van der Waals surface area (Å²) in [5, 5.41) is 0. The third kappa shape index (κ3) is 9.83. The monoisotopic (exact) mass is 498 g/mol. The Labute approximate surface area is 198 Å². The second-order valence-electron chi connectivity index (χ2n) is 7.82. The third-order valence-electron chi connectivity index (χ3n) is 5.09. The minimum Gasteiger partial charge on any atom is -0.321 e. The van der Waals surface area contributed by atoms with E-state index in [4.69, 9.17) is 9.07 Å². The van der Waals surface area contributed by atoms with Crippen LogP contribution >= 0.6 is 0 Å². The second-order valence-corrected chi connectivity index (χ2v) is 10.9. The molecule has 7 nitrogen and oxygen atoms in total. The number of hydrogen-bond donors (Lipinski definition) is 0. The van der Waals surface area contributed by atoms with Gasteiger partial charge in [0.15, 0.2) is 5.75 Å². The first-order valence-electron chi connectivity index (χ1n) is 11.5. The van der Waals surface area contributed by atoms with E-state index in [0.29, 0.717) is 6.42 Å². The van der Waals surface area contributed by atoms with Gasteiger partial charge >= 0.3 is 10.1 Å². The summed E-state index contributed by atoms with van der Waals surface area (Å²) in [7, 11) is -8.79. The summed E-state index contributed by atoms with van der Waals surface area (Å²) in [5.41, 5.74) is 0. The SMILES string of the molecule is CCCCCCCCCCCCOS(=O)(=O)c1ccccc1S(=O)(=O)OOc1ccccc1. The maximum absolute atomic E-state index is 12.7. The van der Waals surface area contributed by atoms with Gasteiger partial charge in [0.2, 0.25) is 0 Å². The van der Waals surface area contributed by atoms with Crippen LogP contribution in [-0.4, -0.2) is 23.4 Å². The molecule has 0 fully saturated rings. The van der Waals surface area contributed by atoms with Gasteiger partial charge < -0.3 is 4.89 Å². The van der Waals surface area contributed by atoms with E-state index in [1.54, 1.807) is 18.2 Å². The van der Waals surface area contributed by atoms with Crippen LogP contribution < -0.4 is 4.89 Å². The van der Waals surface area contributed by atoms with Crippen molar-refractivity contribution in [3.05, 3.63) is 54.6 Å². The first-order valence-corrected chi connectivity index (χ1v) is 14.3. The highest BCUT2D eigenvalue weighted by molar-refractivity contribution is 7.89. The molecule has 9 heteroatoms. The molecule has 0 atom stereocenters. The Hall–Kier alpha value is -1.94. The smallest absolute Gasteiger partial charge is 0.321 e. The first-order chi connectivity index (χ1) is 15.9. The van der Waals surface area contributed by atoms with Crippen molar-refractivity contribution >= 4 is 20.2 Å². The highest BCUT2D eigenvalue weighted by atomic mass is 32.2. The minimum absolute atomic E-state index is 0.00537. The molecule has 0 aliphatic carbocycles. The molecule has 0 heterocycles. The predicted molar refractivity (Wildman–Crippen MR) is 127 cm³/mol. The Kier molecular flexibility index (Phi) is 11.9. The zero-order valence-corrected chi connectivity index (χ0v) is 20.8. The van der Waals surface area contributed by atoms with Crippen LogP contribution in [0.4, 0.5) is 0 Å². The van der Waals surface area contributed by atoms with Gasteiger partial charge in [-0.05, 0) is 30.7 Å². The zero-order chi connectivity index (χ0) is 24.0. The number of benzene rings is 2. The summed E-state index contributed by atoms with van der Waals surface area (Å²) in [4.78, 5) is 3.83. The molecule has 2 aromatic rings. The fourth-order valence-corrected chi connectivity index (χ4v) is 5.72. The maximum atomic E-state index is 12.7. The molecule has 0 aromatic heterocycles. The predicted octanol–water partition coefficient (Wildman–Crippen LogP) is 6.01. The summed E-state index contributed by atoms with van der Waals surface area (Å²) in [6.45, 7) is 2.20. The van der Waals surface area contributed by atoms with Crippen LogP contribution in [0.3, 0.4) is 0 Å². The van der Waals surface area contributed by atoms with Crippen molar-refractivity contribution in [2.45, 2.75) is 80.9 Å². The molecule has 0 aliphatic rings. The molecule has 0 radical (unpaired) electrons. The lowest BCUT2D eigenvalue weighted by Crippen LogP contribution is -2.16. The molecule has 33 heavy (non-hydrogen) atoms. The van der Waals surface area contributed by atoms with Crippen LogP contribution in [0.1, 0.15) is 71.1 Å².